The van der Waals surface area contributed by atoms with Crippen LogP contribution in [0.25, 0.3) is 11.3 Å². The van der Waals surface area contributed by atoms with Crippen molar-refractivity contribution >= 4 is 29.3 Å². The Morgan fingerprint density at radius 2 is 1.79 bits per heavy atom. The maximum atomic E-state index is 13.3. The highest BCUT2D eigenvalue weighted by molar-refractivity contribution is 6.02. The molecule has 0 saturated heterocycles. The predicted octanol–water partition coefficient (Wildman–Crippen LogP) is 3.13. The van der Waals surface area contributed by atoms with Crippen molar-refractivity contribution in [2.24, 2.45) is 10.7 Å². The van der Waals surface area contributed by atoms with Crippen LogP contribution in [-0.4, -0.2) is 38.5 Å². The third-order valence-corrected chi connectivity index (χ3v) is 6.67. The zero-order valence-corrected chi connectivity index (χ0v) is 23.2. The molecular formula is C31H31N7O5. The van der Waals surface area contributed by atoms with Crippen molar-refractivity contribution in [2.75, 3.05) is 11.1 Å². The smallest absolute Gasteiger partial charge is 0.435 e. The topological polar surface area (TPSA) is 187 Å². The van der Waals surface area contributed by atoms with Gasteiger partial charge in [0, 0.05) is 35.5 Å². The van der Waals surface area contributed by atoms with Crippen LogP contribution in [0.1, 0.15) is 29.5 Å². The van der Waals surface area contributed by atoms with Crippen LogP contribution in [0.2, 0.25) is 0 Å². The van der Waals surface area contributed by atoms with Crippen molar-refractivity contribution in [3.8, 4) is 17.0 Å². The van der Waals surface area contributed by atoms with Crippen LogP contribution in [0.15, 0.2) is 88.8 Å². The molecule has 4 aromatic rings. The summed E-state index contributed by atoms with van der Waals surface area (Å²) in [4.78, 5) is 46.4. The summed E-state index contributed by atoms with van der Waals surface area (Å²) in [6.45, 7) is -0.0203. The van der Waals surface area contributed by atoms with E-state index in [9.17, 15) is 19.5 Å². The molecule has 1 fully saturated rings. The Kier molecular flexibility index (Phi) is 8.66. The first-order valence-corrected chi connectivity index (χ1v) is 13.6. The molecule has 0 unspecified atom stereocenters. The summed E-state index contributed by atoms with van der Waals surface area (Å²) in [6, 6.07) is 20.7. The predicted molar refractivity (Wildman–Crippen MR) is 162 cm³/mol. The second-order valence-corrected chi connectivity index (χ2v) is 10.1. The summed E-state index contributed by atoms with van der Waals surface area (Å²) in [5, 5.41) is 15.9. The van der Waals surface area contributed by atoms with Gasteiger partial charge in [0.05, 0.1) is 11.9 Å². The highest BCUT2D eigenvalue weighted by atomic mass is 16.5. The first kappa shape index (κ1) is 28.9. The van der Waals surface area contributed by atoms with E-state index in [1.165, 1.54) is 22.9 Å². The van der Waals surface area contributed by atoms with Crippen LogP contribution in [0.5, 0.6) is 5.75 Å². The number of phenols is 1. The van der Waals surface area contributed by atoms with Crippen LogP contribution in [0.3, 0.4) is 0 Å². The summed E-state index contributed by atoms with van der Waals surface area (Å²) < 4.78 is 6.44. The highest BCUT2D eigenvalue weighted by Crippen LogP contribution is 2.27. The van der Waals surface area contributed by atoms with E-state index in [-0.39, 0.29) is 43.1 Å². The molecule has 1 saturated carbocycles. The van der Waals surface area contributed by atoms with Gasteiger partial charge in [-0.05, 0) is 36.1 Å². The number of hydrogen-bond acceptors (Lipinski definition) is 8. The summed E-state index contributed by atoms with van der Waals surface area (Å²) in [5.41, 5.74) is 14.6. The summed E-state index contributed by atoms with van der Waals surface area (Å²) in [7, 11) is 0. The number of hydrogen-bond donors (Lipinski definition) is 5. The Balaban J connectivity index is 1.23. The number of aliphatic imine (C=N–C) groups is 1. The number of phenolic OH excluding ortho intramolecular Hbond substituents is 1. The molecule has 1 aromatic heterocycles. The maximum absolute atomic E-state index is 13.3. The standard InChI is InChI=1S/C31H31N7O5/c32-23-12-22(13-25(39)14-23)26-16-35-29(36-24-10-11-24)30(41)38(26)17-27(40)34-15-19-6-8-21(9-7-19)28(33)37-31(42)43-18-20-4-2-1-3-5-20/h1-9,12-14,16,24,39H,10-11,15,17-18,32H2,(H,34,40)(H,35,36)(H2,33,37,42). The van der Waals surface area contributed by atoms with Crippen molar-refractivity contribution in [1.29, 1.82) is 0 Å². The molecule has 1 heterocycles. The Labute approximate surface area is 247 Å². The third-order valence-electron chi connectivity index (χ3n) is 6.67. The number of carbonyl (C=O) groups is 2. The number of nitrogen functional groups attached to an aromatic ring is 1. The van der Waals surface area contributed by atoms with Crippen LogP contribution in [0.4, 0.5) is 16.3 Å². The van der Waals surface area contributed by atoms with Gasteiger partial charge in [-0.25, -0.2) is 9.78 Å². The number of aromatic hydroxyl groups is 1. The molecule has 220 valence electrons. The second-order valence-electron chi connectivity index (χ2n) is 10.1. The van der Waals surface area contributed by atoms with Crippen molar-refractivity contribution in [3.63, 3.8) is 0 Å². The van der Waals surface area contributed by atoms with E-state index in [4.69, 9.17) is 16.2 Å². The van der Waals surface area contributed by atoms with Gasteiger partial charge in [0.2, 0.25) is 5.91 Å². The number of ether oxygens (including phenoxy) is 1. The monoisotopic (exact) mass is 581 g/mol. The molecule has 1 aliphatic rings. The molecule has 12 nitrogen and oxygen atoms in total. The molecule has 0 aliphatic heterocycles. The van der Waals surface area contributed by atoms with E-state index in [0.29, 0.717) is 22.5 Å². The minimum absolute atomic E-state index is 0.00133. The zero-order valence-electron chi connectivity index (χ0n) is 23.2. The van der Waals surface area contributed by atoms with Crippen molar-refractivity contribution in [3.05, 3.63) is 106 Å². The third kappa shape index (κ3) is 7.76. The lowest BCUT2D eigenvalue weighted by atomic mass is 10.1. The number of carbonyl (C=O) groups excluding carboxylic acids is 2. The molecule has 0 spiro atoms. The molecule has 5 rings (SSSR count). The molecule has 0 radical (unpaired) electrons. The lowest BCUT2D eigenvalue weighted by Crippen LogP contribution is -2.34. The van der Waals surface area contributed by atoms with Gasteiger partial charge in [-0.2, -0.15) is 4.99 Å². The fourth-order valence-electron chi connectivity index (χ4n) is 4.29. The molecule has 12 heteroatoms. The highest BCUT2D eigenvalue weighted by Gasteiger charge is 2.24. The summed E-state index contributed by atoms with van der Waals surface area (Å²) >= 11 is 0. The second kappa shape index (κ2) is 12.9. The molecule has 2 amide bonds. The minimum Gasteiger partial charge on any atom is -0.508 e. The fraction of sp³-hybridized carbons (Fsp3) is 0.194. The largest absolute Gasteiger partial charge is 0.508 e. The first-order chi connectivity index (χ1) is 20.7. The van der Waals surface area contributed by atoms with Crippen LogP contribution in [0, 0.1) is 0 Å². The van der Waals surface area contributed by atoms with Crippen LogP contribution < -0.4 is 27.7 Å². The van der Waals surface area contributed by atoms with Crippen LogP contribution in [-0.2, 0) is 29.2 Å². The molecule has 7 N–H and O–H groups in total. The van der Waals surface area contributed by atoms with Gasteiger partial charge in [-0.1, -0.05) is 54.6 Å². The van der Waals surface area contributed by atoms with Gasteiger partial charge in [0.15, 0.2) is 5.82 Å². The Hall–Kier alpha value is -5.65. The number of rotatable bonds is 10. The number of amidine groups is 1. The number of anilines is 2. The normalized spacial score (nSPS) is 12.9. The van der Waals surface area contributed by atoms with Crippen molar-refractivity contribution in [2.45, 2.75) is 38.6 Å². The summed E-state index contributed by atoms with van der Waals surface area (Å²) in [5.74, 6) is -0.324. The van der Waals surface area contributed by atoms with E-state index in [1.54, 1.807) is 30.3 Å². The van der Waals surface area contributed by atoms with Gasteiger partial charge in [-0.15, -0.1) is 0 Å². The first-order valence-electron chi connectivity index (χ1n) is 13.6. The molecule has 3 aromatic carbocycles. The number of nitrogens with two attached hydrogens (primary N) is 2. The van der Waals surface area contributed by atoms with Crippen molar-refractivity contribution in [1.82, 2.24) is 14.9 Å². The quantitative estimate of drug-likeness (QED) is 0.107. The van der Waals surface area contributed by atoms with E-state index in [2.05, 4.69) is 20.6 Å². The number of benzene rings is 3. The minimum atomic E-state index is -0.799. The average Bonchev–Trinajstić information content (AvgIpc) is 3.81. The van der Waals surface area contributed by atoms with Gasteiger partial charge in [-0.3, -0.25) is 14.2 Å². The van der Waals surface area contributed by atoms with Crippen molar-refractivity contribution < 1.29 is 19.4 Å². The van der Waals surface area contributed by atoms with Gasteiger partial charge < -0.3 is 31.9 Å². The maximum Gasteiger partial charge on any atom is 0.435 e. The number of amides is 2. The Morgan fingerprint density at radius 3 is 2.49 bits per heavy atom. The number of nitrogens with zero attached hydrogens (tertiary/aromatic N) is 3. The molecule has 0 atom stereocenters. The average molecular weight is 582 g/mol. The van der Waals surface area contributed by atoms with E-state index < -0.39 is 17.6 Å². The van der Waals surface area contributed by atoms with E-state index in [1.807, 2.05) is 30.3 Å². The molecule has 0 bridgehead atoms. The SMILES string of the molecule is N/C(=N\C(=O)OCc1ccccc1)c1ccc(CNC(=O)Cn2c(-c3cc(N)cc(O)c3)cnc(NC3CC3)c2=O)cc1. The van der Waals surface area contributed by atoms with Gasteiger partial charge in [0.25, 0.3) is 5.56 Å². The molecule has 1 aliphatic carbocycles. The lowest BCUT2D eigenvalue weighted by molar-refractivity contribution is -0.121. The fourth-order valence-corrected chi connectivity index (χ4v) is 4.29. The van der Waals surface area contributed by atoms with Gasteiger partial charge >= 0.3 is 6.09 Å². The van der Waals surface area contributed by atoms with E-state index in [0.717, 1.165) is 24.0 Å². The van der Waals surface area contributed by atoms with Gasteiger partial charge in [0.1, 0.15) is 24.7 Å². The van der Waals surface area contributed by atoms with E-state index >= 15 is 0 Å². The Morgan fingerprint density at radius 1 is 1.05 bits per heavy atom. The lowest BCUT2D eigenvalue weighted by Gasteiger charge is -2.15. The molecular weight excluding hydrogens is 550 g/mol. The number of nitrogens with one attached hydrogen (secondary N) is 2. The summed E-state index contributed by atoms with van der Waals surface area (Å²) in [6.07, 6.45) is 2.57. The zero-order chi connectivity index (χ0) is 30.3. The Bertz CT molecular complexity index is 1690. The number of aromatic nitrogens is 2. The van der Waals surface area contributed by atoms with Crippen LogP contribution >= 0.6 is 0 Å². The molecule has 43 heavy (non-hydrogen) atoms.